The highest BCUT2D eigenvalue weighted by Gasteiger charge is 2.10. The van der Waals surface area contributed by atoms with Gasteiger partial charge >= 0.3 is 5.97 Å². The molecular formula is C3H7ClFNO2. The second kappa shape index (κ2) is 4.80. The van der Waals surface area contributed by atoms with Gasteiger partial charge in [-0.15, -0.1) is 12.4 Å². The average molecular weight is 144 g/mol. The molecule has 0 amide bonds. The third kappa shape index (κ3) is 3.83. The van der Waals surface area contributed by atoms with Gasteiger partial charge in [-0.2, -0.15) is 0 Å². The molecule has 0 aliphatic heterocycles. The molecule has 0 radical (unpaired) electrons. The van der Waals surface area contributed by atoms with Gasteiger partial charge in [0.2, 0.25) is 6.17 Å². The summed E-state index contributed by atoms with van der Waals surface area (Å²) in [6.45, 7) is -0.449. The molecule has 0 aliphatic carbocycles. The minimum atomic E-state index is -1.90. The Hall–Kier alpha value is -0.350. The summed E-state index contributed by atoms with van der Waals surface area (Å²) in [5, 5.41) is 7.73. The molecule has 0 fully saturated rings. The van der Waals surface area contributed by atoms with E-state index in [-0.39, 0.29) is 12.4 Å². The van der Waals surface area contributed by atoms with Gasteiger partial charge in [-0.1, -0.05) is 0 Å². The minimum absolute atomic E-state index is 0. The second-order valence-electron chi connectivity index (χ2n) is 1.04. The molecule has 0 saturated carbocycles. The summed E-state index contributed by atoms with van der Waals surface area (Å²) in [5.41, 5.74) is 4.62. The van der Waals surface area contributed by atoms with Crippen LogP contribution in [0, 0.1) is 0 Å². The van der Waals surface area contributed by atoms with Gasteiger partial charge in [-0.25, -0.2) is 9.18 Å². The third-order valence-corrected chi connectivity index (χ3v) is 0.475. The molecule has 0 aliphatic rings. The summed E-state index contributed by atoms with van der Waals surface area (Å²) in [5.74, 6) is -1.50. The van der Waals surface area contributed by atoms with Crippen LogP contribution in [0.2, 0.25) is 0 Å². The summed E-state index contributed by atoms with van der Waals surface area (Å²) in [4.78, 5) is 9.48. The van der Waals surface area contributed by atoms with Gasteiger partial charge in [0.15, 0.2) is 0 Å². The fraction of sp³-hybridized carbons (Fsp3) is 0.667. The molecule has 0 aromatic heterocycles. The number of halogens is 2. The highest BCUT2D eigenvalue weighted by atomic mass is 35.5. The molecule has 0 rings (SSSR count). The molecule has 0 heterocycles. The molecule has 3 nitrogen and oxygen atoms in total. The predicted molar refractivity (Wildman–Crippen MR) is 28.8 cm³/mol. The Morgan fingerprint density at radius 2 is 2.25 bits per heavy atom. The molecule has 1 unspecified atom stereocenters. The number of aliphatic carboxylic acids is 1. The smallest absolute Gasteiger partial charge is 0.339 e. The summed E-state index contributed by atoms with van der Waals surface area (Å²) >= 11 is 0. The van der Waals surface area contributed by atoms with Gasteiger partial charge in [-0.05, 0) is 0 Å². The topological polar surface area (TPSA) is 63.3 Å². The number of nitrogens with two attached hydrogens (primary N) is 1. The van der Waals surface area contributed by atoms with E-state index < -0.39 is 18.7 Å². The highest BCUT2D eigenvalue weighted by molar-refractivity contribution is 5.85. The van der Waals surface area contributed by atoms with Crippen molar-refractivity contribution in [3.8, 4) is 0 Å². The van der Waals surface area contributed by atoms with Crippen LogP contribution in [0.25, 0.3) is 0 Å². The maximum atomic E-state index is 11.5. The highest BCUT2D eigenvalue weighted by Crippen LogP contribution is 1.83. The standard InChI is InChI=1S/C3H6FNO2.ClH/c4-2(1-5)3(6)7;/h2H,1,5H2,(H,6,7);1H. The number of hydrogen-bond acceptors (Lipinski definition) is 2. The van der Waals surface area contributed by atoms with Gasteiger partial charge in [0.25, 0.3) is 0 Å². The monoisotopic (exact) mass is 143 g/mol. The lowest BCUT2D eigenvalue weighted by molar-refractivity contribution is -0.142. The maximum absolute atomic E-state index is 11.5. The van der Waals surface area contributed by atoms with Crippen LogP contribution in [0.15, 0.2) is 0 Å². The van der Waals surface area contributed by atoms with E-state index in [0.717, 1.165) is 0 Å². The zero-order valence-electron chi connectivity index (χ0n) is 4.00. The minimum Gasteiger partial charge on any atom is -0.479 e. The van der Waals surface area contributed by atoms with E-state index in [1.165, 1.54) is 0 Å². The lowest BCUT2D eigenvalue weighted by atomic mass is 10.4. The van der Waals surface area contributed by atoms with Crippen molar-refractivity contribution in [1.82, 2.24) is 0 Å². The Morgan fingerprint density at radius 3 is 2.25 bits per heavy atom. The Bertz CT molecular complexity index is 79.7. The van der Waals surface area contributed by atoms with Gasteiger partial charge in [-0.3, -0.25) is 0 Å². The number of hydrogen-bond donors (Lipinski definition) is 2. The fourth-order valence-electron chi connectivity index (χ4n) is 0.101. The van der Waals surface area contributed by atoms with E-state index in [9.17, 15) is 9.18 Å². The molecule has 5 heteroatoms. The van der Waals surface area contributed by atoms with E-state index in [2.05, 4.69) is 5.73 Å². The first-order valence-corrected chi connectivity index (χ1v) is 1.75. The second-order valence-corrected chi connectivity index (χ2v) is 1.04. The van der Waals surface area contributed by atoms with Crippen LogP contribution >= 0.6 is 12.4 Å². The summed E-state index contributed by atoms with van der Waals surface area (Å²) < 4.78 is 11.5. The molecule has 0 aromatic rings. The largest absolute Gasteiger partial charge is 0.479 e. The first-order valence-electron chi connectivity index (χ1n) is 1.75. The summed E-state index contributed by atoms with van der Waals surface area (Å²) in [6, 6.07) is 0. The predicted octanol–water partition coefficient (Wildman–Crippen LogP) is -0.210. The van der Waals surface area contributed by atoms with E-state index in [0.29, 0.717) is 0 Å². The van der Waals surface area contributed by atoms with Crippen LogP contribution in [0.3, 0.4) is 0 Å². The Labute approximate surface area is 52.1 Å². The SMILES string of the molecule is Cl.NCC(F)C(=O)O. The van der Waals surface area contributed by atoms with E-state index >= 15 is 0 Å². The Balaban J connectivity index is 0. The van der Waals surface area contributed by atoms with E-state index in [1.54, 1.807) is 0 Å². The van der Waals surface area contributed by atoms with Crippen LogP contribution in [0.5, 0.6) is 0 Å². The normalized spacial score (nSPS) is 11.8. The molecule has 1 atom stereocenters. The quantitative estimate of drug-likeness (QED) is 0.562. The zero-order valence-corrected chi connectivity index (χ0v) is 4.82. The molecule has 3 N–H and O–H groups in total. The Morgan fingerprint density at radius 1 is 1.88 bits per heavy atom. The van der Waals surface area contributed by atoms with Crippen molar-refractivity contribution in [2.24, 2.45) is 5.73 Å². The lowest BCUT2D eigenvalue weighted by Gasteiger charge is -1.92. The molecule has 0 aromatic carbocycles. The summed E-state index contributed by atoms with van der Waals surface area (Å²) in [6.07, 6.45) is -1.90. The first-order chi connectivity index (χ1) is 3.18. The number of carboxylic acids is 1. The molecular weight excluding hydrogens is 136 g/mol. The van der Waals surface area contributed by atoms with Crippen molar-refractivity contribution in [3.05, 3.63) is 0 Å². The molecule has 0 bridgehead atoms. The number of carboxylic acid groups (broad SMARTS) is 1. The van der Waals surface area contributed by atoms with Crippen molar-refractivity contribution >= 4 is 18.4 Å². The van der Waals surface area contributed by atoms with Crippen LogP contribution in [0.4, 0.5) is 4.39 Å². The maximum Gasteiger partial charge on any atom is 0.339 e. The number of alkyl halides is 1. The molecule has 0 spiro atoms. The Kier molecular flexibility index (Phi) is 6.36. The number of rotatable bonds is 2. The zero-order chi connectivity index (χ0) is 5.86. The third-order valence-electron chi connectivity index (χ3n) is 0.475. The van der Waals surface area contributed by atoms with E-state index in [1.807, 2.05) is 0 Å². The van der Waals surface area contributed by atoms with Gasteiger partial charge in [0, 0.05) is 6.54 Å². The lowest BCUT2D eigenvalue weighted by Crippen LogP contribution is -2.24. The van der Waals surface area contributed by atoms with Crippen LogP contribution in [0.1, 0.15) is 0 Å². The fourth-order valence-corrected chi connectivity index (χ4v) is 0.101. The van der Waals surface area contributed by atoms with Crippen LogP contribution in [-0.4, -0.2) is 23.8 Å². The van der Waals surface area contributed by atoms with E-state index in [4.69, 9.17) is 5.11 Å². The van der Waals surface area contributed by atoms with Crippen molar-refractivity contribution in [2.45, 2.75) is 6.17 Å². The number of carbonyl (C=O) groups is 1. The molecule has 0 saturated heterocycles. The summed E-state index contributed by atoms with van der Waals surface area (Å²) in [7, 11) is 0. The van der Waals surface area contributed by atoms with Crippen LogP contribution in [-0.2, 0) is 4.79 Å². The van der Waals surface area contributed by atoms with Crippen LogP contribution < -0.4 is 5.73 Å². The van der Waals surface area contributed by atoms with Crippen molar-refractivity contribution in [3.63, 3.8) is 0 Å². The average Bonchev–Trinajstić information content (AvgIpc) is 1.65. The van der Waals surface area contributed by atoms with Gasteiger partial charge in [0.1, 0.15) is 0 Å². The first kappa shape index (κ1) is 10.6. The van der Waals surface area contributed by atoms with Gasteiger partial charge in [0.05, 0.1) is 0 Å². The van der Waals surface area contributed by atoms with Gasteiger partial charge < -0.3 is 10.8 Å². The van der Waals surface area contributed by atoms with Crippen molar-refractivity contribution in [2.75, 3.05) is 6.54 Å². The molecule has 50 valence electrons. The van der Waals surface area contributed by atoms with Crippen molar-refractivity contribution < 1.29 is 14.3 Å². The molecule has 8 heavy (non-hydrogen) atoms. The van der Waals surface area contributed by atoms with Crippen molar-refractivity contribution in [1.29, 1.82) is 0 Å².